The number of thioether (sulfide) groups is 2. The Hall–Kier alpha value is -2.27. The molecule has 0 saturated carbocycles. The second kappa shape index (κ2) is 8.58. The van der Waals surface area contributed by atoms with E-state index in [9.17, 15) is 8.42 Å². The Balaban J connectivity index is 1.49. The number of aryl methyl sites for hydroxylation is 1. The molecule has 0 atom stereocenters. The van der Waals surface area contributed by atoms with Crippen molar-refractivity contribution in [1.29, 1.82) is 0 Å². The molecule has 3 heterocycles. The summed E-state index contributed by atoms with van der Waals surface area (Å²) in [5, 5.41) is 4.81. The van der Waals surface area contributed by atoms with Crippen molar-refractivity contribution in [3.05, 3.63) is 48.0 Å². The van der Waals surface area contributed by atoms with E-state index < -0.39 is 10.0 Å². The molecular weight excluding hydrogens is 466 g/mol. The number of hydrogen-bond acceptors (Lipinski definition) is 8. The molecular formula is C22H21N3O4S3. The van der Waals surface area contributed by atoms with E-state index in [0.29, 0.717) is 30.3 Å². The number of sulfonamides is 1. The van der Waals surface area contributed by atoms with Gasteiger partial charge in [-0.15, -0.1) is 11.8 Å². The summed E-state index contributed by atoms with van der Waals surface area (Å²) >= 11 is 3.44. The molecule has 166 valence electrons. The number of rotatable bonds is 5. The number of aromatic nitrogens is 2. The van der Waals surface area contributed by atoms with Crippen LogP contribution in [0.1, 0.15) is 5.56 Å². The van der Waals surface area contributed by atoms with Gasteiger partial charge < -0.3 is 8.94 Å². The third-order valence-corrected chi connectivity index (χ3v) is 9.06. The number of nitrogens with zero attached hydrogens (tertiary/aromatic N) is 3. The molecule has 1 saturated heterocycles. The van der Waals surface area contributed by atoms with Gasteiger partial charge in [0.1, 0.15) is 5.58 Å². The number of furan rings is 1. The van der Waals surface area contributed by atoms with Crippen molar-refractivity contribution in [2.45, 2.75) is 16.7 Å². The first-order chi connectivity index (χ1) is 15.5. The summed E-state index contributed by atoms with van der Waals surface area (Å²) < 4.78 is 39.1. The molecule has 0 amide bonds. The fourth-order valence-corrected chi connectivity index (χ4v) is 6.68. The van der Waals surface area contributed by atoms with Crippen LogP contribution in [0.5, 0.6) is 0 Å². The Bertz CT molecular complexity index is 1370. The zero-order valence-corrected chi connectivity index (χ0v) is 20.0. The van der Waals surface area contributed by atoms with E-state index in [0.717, 1.165) is 32.9 Å². The molecule has 1 aliphatic heterocycles. The maximum atomic E-state index is 13.1. The summed E-state index contributed by atoms with van der Waals surface area (Å²) in [5.74, 6) is 2.81. The lowest BCUT2D eigenvalue weighted by atomic mass is 10.1. The normalized spacial score (nSPS) is 15.4. The van der Waals surface area contributed by atoms with Gasteiger partial charge in [-0.25, -0.2) is 8.42 Å². The second-order valence-corrected chi connectivity index (χ2v) is 11.4. The molecule has 0 aliphatic carbocycles. The minimum Gasteiger partial charge on any atom is -0.451 e. The molecule has 10 heteroatoms. The van der Waals surface area contributed by atoms with Gasteiger partial charge >= 0.3 is 0 Å². The fourth-order valence-electron chi connectivity index (χ4n) is 3.67. The van der Waals surface area contributed by atoms with E-state index in [1.54, 1.807) is 46.0 Å². The van der Waals surface area contributed by atoms with Crippen LogP contribution < -0.4 is 0 Å². The molecule has 0 radical (unpaired) electrons. The lowest BCUT2D eigenvalue weighted by molar-refractivity contribution is 0.419. The standard InChI is InChI=1S/C22H21N3O4S3/c1-14-18-13-17(32(26,27)25-9-11-31-12-10-25)7-8-19(18)28-20(14)22-23-21(24-29-22)15-3-5-16(30-2)6-4-15/h3-8,13H,9-12H2,1-2H3. The van der Waals surface area contributed by atoms with Gasteiger partial charge in [0, 0.05) is 46.0 Å². The molecule has 1 fully saturated rings. The van der Waals surface area contributed by atoms with Crippen LogP contribution in [0, 0.1) is 6.92 Å². The molecule has 2 aromatic carbocycles. The van der Waals surface area contributed by atoms with Crippen molar-refractivity contribution in [2.75, 3.05) is 30.9 Å². The van der Waals surface area contributed by atoms with Crippen molar-refractivity contribution in [1.82, 2.24) is 14.4 Å². The van der Waals surface area contributed by atoms with E-state index >= 15 is 0 Å². The van der Waals surface area contributed by atoms with Crippen LogP contribution in [-0.4, -0.2) is 53.7 Å². The highest BCUT2D eigenvalue weighted by molar-refractivity contribution is 7.99. The first-order valence-corrected chi connectivity index (χ1v) is 13.9. The first kappa shape index (κ1) is 21.6. The topological polar surface area (TPSA) is 89.4 Å². The van der Waals surface area contributed by atoms with Crippen molar-refractivity contribution in [3.63, 3.8) is 0 Å². The van der Waals surface area contributed by atoms with Gasteiger partial charge in [-0.3, -0.25) is 0 Å². The van der Waals surface area contributed by atoms with Crippen molar-refractivity contribution in [3.8, 4) is 23.0 Å². The summed E-state index contributed by atoms with van der Waals surface area (Å²) in [4.78, 5) is 5.92. The average Bonchev–Trinajstić information content (AvgIpc) is 3.44. The number of hydrogen-bond donors (Lipinski definition) is 0. The van der Waals surface area contributed by atoms with Crippen LogP contribution in [0.15, 0.2) is 61.2 Å². The Kier molecular flexibility index (Phi) is 5.79. The minimum atomic E-state index is -3.54. The van der Waals surface area contributed by atoms with E-state index in [4.69, 9.17) is 8.94 Å². The van der Waals surface area contributed by atoms with Gasteiger partial charge in [0.2, 0.25) is 15.8 Å². The van der Waals surface area contributed by atoms with Gasteiger partial charge in [0.15, 0.2) is 5.76 Å². The van der Waals surface area contributed by atoms with E-state index in [-0.39, 0.29) is 10.8 Å². The Morgan fingerprint density at radius 3 is 2.56 bits per heavy atom. The predicted octanol–water partition coefficient (Wildman–Crippen LogP) is 4.92. The highest BCUT2D eigenvalue weighted by atomic mass is 32.2. The van der Waals surface area contributed by atoms with Crippen LogP contribution in [0.4, 0.5) is 0 Å². The molecule has 0 unspecified atom stereocenters. The number of benzene rings is 2. The minimum absolute atomic E-state index is 0.264. The summed E-state index contributed by atoms with van der Waals surface area (Å²) in [6, 6.07) is 12.9. The van der Waals surface area contributed by atoms with Crippen LogP contribution in [0.2, 0.25) is 0 Å². The zero-order chi connectivity index (χ0) is 22.3. The Morgan fingerprint density at radius 2 is 1.84 bits per heavy atom. The molecule has 0 spiro atoms. The third kappa shape index (κ3) is 3.85. The van der Waals surface area contributed by atoms with Gasteiger partial charge in [0.25, 0.3) is 5.89 Å². The van der Waals surface area contributed by atoms with Crippen molar-refractivity contribution in [2.24, 2.45) is 0 Å². The lowest BCUT2D eigenvalue weighted by Crippen LogP contribution is -2.37. The summed E-state index contributed by atoms with van der Waals surface area (Å²) in [6.45, 7) is 2.93. The van der Waals surface area contributed by atoms with E-state index in [1.165, 1.54) is 0 Å². The summed E-state index contributed by atoms with van der Waals surface area (Å²) in [5.41, 5.74) is 2.19. The molecule has 0 bridgehead atoms. The molecule has 1 aliphatic rings. The van der Waals surface area contributed by atoms with Crippen LogP contribution in [-0.2, 0) is 10.0 Å². The van der Waals surface area contributed by atoms with Crippen LogP contribution in [0.3, 0.4) is 0 Å². The molecule has 5 rings (SSSR count). The molecule has 0 N–H and O–H groups in total. The maximum Gasteiger partial charge on any atom is 0.294 e. The maximum absolute atomic E-state index is 13.1. The smallest absolute Gasteiger partial charge is 0.294 e. The van der Waals surface area contributed by atoms with Crippen LogP contribution in [0.25, 0.3) is 34.0 Å². The van der Waals surface area contributed by atoms with Crippen molar-refractivity contribution < 1.29 is 17.4 Å². The summed E-state index contributed by atoms with van der Waals surface area (Å²) in [7, 11) is -3.54. The largest absolute Gasteiger partial charge is 0.451 e. The second-order valence-electron chi connectivity index (χ2n) is 7.38. The molecule has 2 aromatic heterocycles. The quantitative estimate of drug-likeness (QED) is 0.367. The highest BCUT2D eigenvalue weighted by Crippen LogP contribution is 2.35. The summed E-state index contributed by atoms with van der Waals surface area (Å²) in [6.07, 6.45) is 2.02. The zero-order valence-electron chi connectivity index (χ0n) is 17.6. The van der Waals surface area contributed by atoms with Crippen molar-refractivity contribution >= 4 is 44.5 Å². The van der Waals surface area contributed by atoms with Gasteiger partial charge in [-0.1, -0.05) is 5.16 Å². The first-order valence-electron chi connectivity index (χ1n) is 10.1. The molecule has 4 aromatic rings. The van der Waals surface area contributed by atoms with Gasteiger partial charge in [0.05, 0.1) is 4.90 Å². The lowest BCUT2D eigenvalue weighted by Gasteiger charge is -2.25. The monoisotopic (exact) mass is 487 g/mol. The van der Waals surface area contributed by atoms with E-state index in [2.05, 4.69) is 10.1 Å². The fraction of sp³-hybridized carbons (Fsp3) is 0.273. The SMILES string of the molecule is CSc1ccc(-c2noc(-c3oc4ccc(S(=O)(=O)N5CCSCC5)cc4c3C)n2)cc1. The molecule has 7 nitrogen and oxygen atoms in total. The Labute approximate surface area is 194 Å². The molecule has 32 heavy (non-hydrogen) atoms. The third-order valence-electron chi connectivity index (χ3n) is 5.48. The van der Waals surface area contributed by atoms with Crippen LogP contribution >= 0.6 is 23.5 Å². The average molecular weight is 488 g/mol. The highest BCUT2D eigenvalue weighted by Gasteiger charge is 2.27. The Morgan fingerprint density at radius 1 is 1.09 bits per heavy atom. The van der Waals surface area contributed by atoms with Gasteiger partial charge in [-0.05, 0) is 55.6 Å². The van der Waals surface area contributed by atoms with Gasteiger partial charge in [-0.2, -0.15) is 21.1 Å². The predicted molar refractivity (Wildman–Crippen MR) is 128 cm³/mol. The van der Waals surface area contributed by atoms with E-state index in [1.807, 2.05) is 37.4 Å². The number of fused-ring (bicyclic) bond motifs is 1.